The Morgan fingerprint density at radius 2 is 2.50 bits per heavy atom. The SMILES string of the molecule is Cn1ccc2c1CNCCC2F. The molecular formula is C9H13FN2. The number of rotatable bonds is 0. The first-order valence-corrected chi connectivity index (χ1v) is 4.28. The third-order valence-corrected chi connectivity index (χ3v) is 2.44. The summed E-state index contributed by atoms with van der Waals surface area (Å²) in [6.45, 7) is 1.56. The minimum absolute atomic E-state index is 0.594. The van der Waals surface area contributed by atoms with E-state index in [0.29, 0.717) is 6.42 Å². The Labute approximate surface area is 71.4 Å². The molecule has 1 atom stereocenters. The molecule has 1 aromatic heterocycles. The summed E-state index contributed by atoms with van der Waals surface area (Å²) < 4.78 is 15.4. The van der Waals surface area contributed by atoms with Crippen LogP contribution in [0.2, 0.25) is 0 Å². The lowest BCUT2D eigenvalue weighted by Gasteiger charge is -2.04. The highest BCUT2D eigenvalue weighted by Crippen LogP contribution is 2.26. The van der Waals surface area contributed by atoms with Crippen LogP contribution in [-0.4, -0.2) is 11.1 Å². The third kappa shape index (κ3) is 1.14. The summed E-state index contributed by atoms with van der Waals surface area (Å²) in [6.07, 6.45) is 1.73. The number of nitrogens with one attached hydrogen (secondary N) is 1. The van der Waals surface area contributed by atoms with Gasteiger partial charge in [0, 0.05) is 31.0 Å². The first-order valence-electron chi connectivity index (χ1n) is 4.28. The second-order valence-corrected chi connectivity index (χ2v) is 3.26. The minimum Gasteiger partial charge on any atom is -0.353 e. The van der Waals surface area contributed by atoms with Crippen molar-refractivity contribution < 1.29 is 4.39 Å². The summed E-state index contributed by atoms with van der Waals surface area (Å²) in [5, 5.41) is 3.20. The van der Waals surface area contributed by atoms with Gasteiger partial charge in [-0.2, -0.15) is 0 Å². The molecule has 1 N–H and O–H groups in total. The van der Waals surface area contributed by atoms with Gasteiger partial charge in [0.1, 0.15) is 6.17 Å². The number of hydrogen-bond donors (Lipinski definition) is 1. The van der Waals surface area contributed by atoms with Crippen LogP contribution in [0.1, 0.15) is 23.8 Å². The number of aromatic nitrogens is 1. The van der Waals surface area contributed by atoms with Crippen molar-refractivity contribution in [1.82, 2.24) is 9.88 Å². The molecule has 66 valence electrons. The predicted octanol–water partition coefficient (Wildman–Crippen LogP) is 1.53. The van der Waals surface area contributed by atoms with Gasteiger partial charge in [0.25, 0.3) is 0 Å². The highest BCUT2D eigenvalue weighted by Gasteiger charge is 2.19. The van der Waals surface area contributed by atoms with Gasteiger partial charge in [-0.3, -0.25) is 0 Å². The maximum absolute atomic E-state index is 13.4. The van der Waals surface area contributed by atoms with Gasteiger partial charge in [0.2, 0.25) is 0 Å². The molecule has 0 amide bonds. The molecule has 0 radical (unpaired) electrons. The fourth-order valence-corrected chi connectivity index (χ4v) is 1.68. The van der Waals surface area contributed by atoms with Crippen LogP contribution in [0.5, 0.6) is 0 Å². The van der Waals surface area contributed by atoms with E-state index in [1.165, 1.54) is 0 Å². The molecule has 3 heteroatoms. The lowest BCUT2D eigenvalue weighted by atomic mass is 10.1. The molecule has 1 aliphatic heterocycles. The zero-order valence-electron chi connectivity index (χ0n) is 7.18. The van der Waals surface area contributed by atoms with Gasteiger partial charge in [-0.15, -0.1) is 0 Å². The van der Waals surface area contributed by atoms with Gasteiger partial charge in [0.15, 0.2) is 0 Å². The average Bonchev–Trinajstić information content (AvgIpc) is 2.30. The standard InChI is InChI=1S/C9H13FN2/c1-12-5-3-7-8(10)2-4-11-6-9(7)12/h3,5,8,11H,2,4,6H2,1H3. The molecule has 1 unspecified atom stereocenters. The molecular weight excluding hydrogens is 155 g/mol. The van der Waals surface area contributed by atoms with Crippen molar-refractivity contribution in [1.29, 1.82) is 0 Å². The lowest BCUT2D eigenvalue weighted by Crippen LogP contribution is -2.14. The summed E-state index contributed by atoms with van der Waals surface area (Å²) >= 11 is 0. The summed E-state index contributed by atoms with van der Waals surface area (Å²) in [7, 11) is 1.96. The molecule has 0 saturated carbocycles. The zero-order valence-corrected chi connectivity index (χ0v) is 7.18. The summed E-state index contributed by atoms with van der Waals surface area (Å²) in [4.78, 5) is 0. The lowest BCUT2D eigenvalue weighted by molar-refractivity contribution is 0.326. The molecule has 2 rings (SSSR count). The van der Waals surface area contributed by atoms with Gasteiger partial charge in [-0.1, -0.05) is 0 Å². The van der Waals surface area contributed by atoms with Crippen molar-refractivity contribution in [3.05, 3.63) is 23.5 Å². The summed E-state index contributed by atoms with van der Waals surface area (Å²) in [5.41, 5.74) is 1.95. The smallest absolute Gasteiger partial charge is 0.128 e. The first kappa shape index (κ1) is 7.80. The number of aryl methyl sites for hydroxylation is 1. The topological polar surface area (TPSA) is 17.0 Å². The van der Waals surface area contributed by atoms with Gasteiger partial charge in [0.05, 0.1) is 0 Å². The fraction of sp³-hybridized carbons (Fsp3) is 0.556. The van der Waals surface area contributed by atoms with Gasteiger partial charge < -0.3 is 9.88 Å². The van der Waals surface area contributed by atoms with E-state index in [0.717, 1.165) is 24.3 Å². The van der Waals surface area contributed by atoms with Crippen LogP contribution in [0, 0.1) is 0 Å². The van der Waals surface area contributed by atoms with Crippen molar-refractivity contribution in [2.24, 2.45) is 7.05 Å². The Balaban J connectivity index is 2.41. The van der Waals surface area contributed by atoms with Gasteiger partial charge >= 0.3 is 0 Å². The van der Waals surface area contributed by atoms with E-state index in [4.69, 9.17) is 0 Å². The Hall–Kier alpha value is -0.830. The van der Waals surface area contributed by atoms with E-state index < -0.39 is 6.17 Å². The molecule has 0 aromatic carbocycles. The minimum atomic E-state index is -0.781. The van der Waals surface area contributed by atoms with E-state index >= 15 is 0 Å². The van der Waals surface area contributed by atoms with Crippen molar-refractivity contribution in [3.63, 3.8) is 0 Å². The van der Waals surface area contributed by atoms with Crippen LogP contribution >= 0.6 is 0 Å². The highest BCUT2D eigenvalue weighted by atomic mass is 19.1. The molecule has 0 spiro atoms. The van der Waals surface area contributed by atoms with Crippen LogP contribution < -0.4 is 5.32 Å². The quantitative estimate of drug-likeness (QED) is 0.621. The Morgan fingerprint density at radius 3 is 3.33 bits per heavy atom. The predicted molar refractivity (Wildman–Crippen MR) is 45.6 cm³/mol. The first-order chi connectivity index (χ1) is 5.79. The third-order valence-electron chi connectivity index (χ3n) is 2.44. The van der Waals surface area contributed by atoms with Crippen LogP contribution in [-0.2, 0) is 13.6 Å². The van der Waals surface area contributed by atoms with E-state index in [1.807, 2.05) is 23.9 Å². The second-order valence-electron chi connectivity index (χ2n) is 3.26. The molecule has 0 fully saturated rings. The van der Waals surface area contributed by atoms with Crippen molar-refractivity contribution in [3.8, 4) is 0 Å². The average molecular weight is 168 g/mol. The molecule has 2 nitrogen and oxygen atoms in total. The van der Waals surface area contributed by atoms with Crippen molar-refractivity contribution in [2.75, 3.05) is 6.54 Å². The van der Waals surface area contributed by atoms with Crippen LogP contribution in [0.15, 0.2) is 12.3 Å². The largest absolute Gasteiger partial charge is 0.353 e. The second kappa shape index (κ2) is 2.90. The summed E-state index contributed by atoms with van der Waals surface area (Å²) in [6, 6.07) is 1.88. The van der Waals surface area contributed by atoms with Gasteiger partial charge in [-0.05, 0) is 19.0 Å². The maximum Gasteiger partial charge on any atom is 0.128 e. The van der Waals surface area contributed by atoms with E-state index in [9.17, 15) is 4.39 Å². The number of hydrogen-bond acceptors (Lipinski definition) is 1. The Bertz CT molecular complexity index is 280. The van der Waals surface area contributed by atoms with E-state index in [1.54, 1.807) is 0 Å². The van der Waals surface area contributed by atoms with Gasteiger partial charge in [-0.25, -0.2) is 4.39 Å². The van der Waals surface area contributed by atoms with Crippen LogP contribution in [0.3, 0.4) is 0 Å². The normalized spacial score (nSPS) is 23.3. The zero-order chi connectivity index (χ0) is 8.55. The molecule has 0 bridgehead atoms. The van der Waals surface area contributed by atoms with E-state index in [-0.39, 0.29) is 0 Å². The summed E-state index contributed by atoms with van der Waals surface area (Å²) in [5.74, 6) is 0. The molecule has 12 heavy (non-hydrogen) atoms. The number of nitrogens with zero attached hydrogens (tertiary/aromatic N) is 1. The van der Waals surface area contributed by atoms with Crippen LogP contribution in [0.25, 0.3) is 0 Å². The van der Waals surface area contributed by atoms with E-state index in [2.05, 4.69) is 5.32 Å². The van der Waals surface area contributed by atoms with Crippen LogP contribution in [0.4, 0.5) is 4.39 Å². The number of halogens is 1. The molecule has 1 aromatic rings. The number of alkyl halides is 1. The monoisotopic (exact) mass is 168 g/mol. The maximum atomic E-state index is 13.4. The highest BCUT2D eigenvalue weighted by molar-refractivity contribution is 5.25. The Morgan fingerprint density at radius 1 is 1.67 bits per heavy atom. The number of fused-ring (bicyclic) bond motifs is 1. The fourth-order valence-electron chi connectivity index (χ4n) is 1.68. The van der Waals surface area contributed by atoms with Crippen molar-refractivity contribution >= 4 is 0 Å². The van der Waals surface area contributed by atoms with Crippen molar-refractivity contribution in [2.45, 2.75) is 19.1 Å². The molecule has 0 aliphatic carbocycles. The molecule has 2 heterocycles. The Kier molecular flexibility index (Phi) is 1.89. The molecule has 1 aliphatic rings. The molecule has 0 saturated heterocycles.